The first-order chi connectivity index (χ1) is 20.0. The van der Waals surface area contributed by atoms with Crippen LogP contribution in [0.15, 0.2) is 72.1 Å². The minimum Gasteiger partial charge on any atom is -0.379 e. The number of rotatable bonds is 7. The van der Waals surface area contributed by atoms with Crippen LogP contribution < -0.4 is 15.5 Å². The van der Waals surface area contributed by atoms with E-state index in [2.05, 4.69) is 31.9 Å². The number of likely N-dealkylation sites (N-methyl/N-ethyl adjacent to an activating group) is 1. The van der Waals surface area contributed by atoms with Gasteiger partial charge in [0.1, 0.15) is 5.82 Å². The van der Waals surface area contributed by atoms with Crippen molar-refractivity contribution in [2.45, 2.75) is 25.2 Å². The van der Waals surface area contributed by atoms with Crippen LogP contribution >= 0.6 is 0 Å². The third kappa shape index (κ3) is 6.69. The van der Waals surface area contributed by atoms with Crippen molar-refractivity contribution in [1.29, 1.82) is 0 Å². The van der Waals surface area contributed by atoms with Gasteiger partial charge < -0.3 is 25.2 Å². The maximum atomic E-state index is 15.2. The van der Waals surface area contributed by atoms with Crippen molar-refractivity contribution in [3.05, 3.63) is 83.5 Å². The molecule has 2 N–H and O–H groups in total. The minimum atomic E-state index is -4.75. The summed E-state index contributed by atoms with van der Waals surface area (Å²) in [6.45, 7) is 8.40. The van der Waals surface area contributed by atoms with Crippen molar-refractivity contribution >= 4 is 17.3 Å². The van der Waals surface area contributed by atoms with E-state index in [-0.39, 0.29) is 11.7 Å². The van der Waals surface area contributed by atoms with Gasteiger partial charge in [-0.25, -0.2) is 4.39 Å². The zero-order valence-corrected chi connectivity index (χ0v) is 23.7. The highest BCUT2D eigenvalue weighted by molar-refractivity contribution is 6.09. The van der Waals surface area contributed by atoms with E-state index in [9.17, 15) is 18.0 Å². The highest BCUT2D eigenvalue weighted by Crippen LogP contribution is 2.38. The second-order valence-electron chi connectivity index (χ2n) is 11.0. The van der Waals surface area contributed by atoms with Gasteiger partial charge in [-0.2, -0.15) is 13.2 Å². The molecule has 1 atom stereocenters. The molecule has 0 aliphatic carbocycles. The SMILES string of the molecule is C=C1C=C(C(F)(F)F)C(C(=O)Nc2cc(-c3cc(CN4CCOCC4)ccc3F)ccc2N2CCC(N(C)C)C2)=CN1. The van der Waals surface area contributed by atoms with Gasteiger partial charge in [-0.1, -0.05) is 18.7 Å². The molecular formula is C31H35F4N5O2. The molecule has 7 nitrogen and oxygen atoms in total. The smallest absolute Gasteiger partial charge is 0.379 e. The maximum absolute atomic E-state index is 15.2. The Morgan fingerprint density at radius 2 is 1.90 bits per heavy atom. The van der Waals surface area contributed by atoms with Crippen LogP contribution in [0.5, 0.6) is 0 Å². The van der Waals surface area contributed by atoms with E-state index in [0.717, 1.165) is 37.3 Å². The molecule has 1 unspecified atom stereocenters. The second-order valence-corrected chi connectivity index (χ2v) is 11.0. The Balaban J connectivity index is 1.49. The van der Waals surface area contributed by atoms with Gasteiger partial charge in [-0.15, -0.1) is 0 Å². The van der Waals surface area contributed by atoms with E-state index < -0.39 is 29.0 Å². The number of allylic oxidation sites excluding steroid dienone is 1. The Morgan fingerprint density at radius 3 is 2.60 bits per heavy atom. The number of carbonyl (C=O) groups excluding carboxylic acids is 1. The summed E-state index contributed by atoms with van der Waals surface area (Å²) in [6, 6.07) is 10.5. The van der Waals surface area contributed by atoms with Crippen molar-refractivity contribution in [1.82, 2.24) is 15.1 Å². The van der Waals surface area contributed by atoms with Gasteiger partial charge in [-0.05, 0) is 62.0 Å². The van der Waals surface area contributed by atoms with E-state index >= 15 is 4.39 Å². The van der Waals surface area contributed by atoms with E-state index in [1.165, 1.54) is 6.07 Å². The molecule has 42 heavy (non-hydrogen) atoms. The molecule has 0 spiro atoms. The number of nitrogens with zero attached hydrogens (tertiary/aromatic N) is 3. The topological polar surface area (TPSA) is 60.1 Å². The number of hydrogen-bond donors (Lipinski definition) is 2. The fourth-order valence-corrected chi connectivity index (χ4v) is 5.52. The summed E-state index contributed by atoms with van der Waals surface area (Å²) < 4.78 is 62.1. The Hall–Kier alpha value is -3.67. The van der Waals surface area contributed by atoms with Crippen LogP contribution in [-0.4, -0.2) is 81.4 Å². The number of hydrogen-bond acceptors (Lipinski definition) is 6. The average Bonchev–Trinajstić information content (AvgIpc) is 3.45. The lowest BCUT2D eigenvalue weighted by Crippen LogP contribution is -2.35. The monoisotopic (exact) mass is 585 g/mol. The standard InChI is InChI=1S/C31H35F4N5O2/c1-20-14-26(31(33,34)35)25(17-36-20)30(41)37-28-16-22(5-7-29(28)40-9-8-23(19-40)38(2)3)24-15-21(4-6-27(24)32)18-39-10-12-42-13-11-39/h4-7,14-17,23,36H,1,8-13,18-19H2,2-3H3,(H,37,41). The lowest BCUT2D eigenvalue weighted by Gasteiger charge is -2.27. The third-order valence-corrected chi connectivity index (χ3v) is 7.89. The molecular weight excluding hydrogens is 550 g/mol. The molecule has 2 saturated heterocycles. The summed E-state index contributed by atoms with van der Waals surface area (Å²) in [5.74, 6) is -1.36. The number of nitrogens with one attached hydrogen (secondary N) is 2. The molecule has 224 valence electrons. The molecule has 3 heterocycles. The number of halogens is 4. The van der Waals surface area contributed by atoms with E-state index in [1.54, 1.807) is 30.3 Å². The fraction of sp³-hybridized carbons (Fsp3) is 0.387. The fourth-order valence-electron chi connectivity index (χ4n) is 5.52. The van der Waals surface area contributed by atoms with Crippen LogP contribution in [0.25, 0.3) is 11.1 Å². The lowest BCUT2D eigenvalue weighted by atomic mass is 9.99. The zero-order chi connectivity index (χ0) is 30.0. The summed E-state index contributed by atoms with van der Waals surface area (Å²) in [5.41, 5.74) is 1.13. The second kappa shape index (κ2) is 12.3. The van der Waals surface area contributed by atoms with E-state index in [0.29, 0.717) is 55.3 Å². The number of amides is 1. The number of morpholine rings is 1. The Bertz CT molecular complexity index is 1410. The molecule has 5 rings (SSSR count). The number of carbonyl (C=O) groups is 1. The summed E-state index contributed by atoms with van der Waals surface area (Å²) in [4.78, 5) is 19.8. The van der Waals surface area contributed by atoms with Gasteiger partial charge in [0.05, 0.1) is 35.7 Å². The summed E-state index contributed by atoms with van der Waals surface area (Å²) in [5, 5.41) is 5.31. The normalized spacial score (nSPS) is 19.9. The quantitative estimate of drug-likeness (QED) is 0.452. The van der Waals surface area contributed by atoms with Gasteiger partial charge in [0.15, 0.2) is 0 Å². The largest absolute Gasteiger partial charge is 0.417 e. The minimum absolute atomic E-state index is 0.0285. The summed E-state index contributed by atoms with van der Waals surface area (Å²) in [6.07, 6.45) is -2.05. The van der Waals surface area contributed by atoms with Crippen molar-refractivity contribution in [3.8, 4) is 11.1 Å². The molecule has 2 fully saturated rings. The van der Waals surface area contributed by atoms with Crippen molar-refractivity contribution in [3.63, 3.8) is 0 Å². The van der Waals surface area contributed by atoms with Crippen molar-refractivity contribution in [2.24, 2.45) is 0 Å². The first kappa shape index (κ1) is 29.8. The highest BCUT2D eigenvalue weighted by atomic mass is 19.4. The first-order valence-electron chi connectivity index (χ1n) is 13.9. The lowest BCUT2D eigenvalue weighted by molar-refractivity contribution is -0.115. The Labute approximate surface area is 243 Å². The number of alkyl halides is 3. The van der Waals surface area contributed by atoms with Crippen molar-refractivity contribution < 1.29 is 27.1 Å². The molecule has 2 aromatic rings. The molecule has 0 aromatic heterocycles. The average molecular weight is 586 g/mol. The Kier molecular flexibility index (Phi) is 8.72. The van der Waals surface area contributed by atoms with Gasteiger partial charge >= 0.3 is 6.18 Å². The molecule has 2 aromatic carbocycles. The molecule has 3 aliphatic heterocycles. The predicted octanol–water partition coefficient (Wildman–Crippen LogP) is 4.89. The highest BCUT2D eigenvalue weighted by Gasteiger charge is 2.40. The van der Waals surface area contributed by atoms with Crippen LogP contribution in [0.4, 0.5) is 28.9 Å². The van der Waals surface area contributed by atoms with Crippen LogP contribution in [0.3, 0.4) is 0 Å². The van der Waals surface area contributed by atoms with E-state index in [4.69, 9.17) is 4.74 Å². The summed E-state index contributed by atoms with van der Waals surface area (Å²) >= 11 is 0. The van der Waals surface area contributed by atoms with E-state index in [1.807, 2.05) is 14.1 Å². The number of dihydropyridines is 1. The first-order valence-corrected chi connectivity index (χ1v) is 13.9. The van der Waals surface area contributed by atoms with Crippen LogP contribution in [-0.2, 0) is 16.1 Å². The molecule has 11 heteroatoms. The van der Waals surface area contributed by atoms with Crippen LogP contribution in [0.2, 0.25) is 0 Å². The van der Waals surface area contributed by atoms with Crippen molar-refractivity contribution in [2.75, 3.05) is 63.7 Å². The van der Waals surface area contributed by atoms with Crippen LogP contribution in [0, 0.1) is 5.82 Å². The maximum Gasteiger partial charge on any atom is 0.417 e. The zero-order valence-electron chi connectivity index (χ0n) is 23.7. The van der Waals surface area contributed by atoms with Gasteiger partial charge in [0, 0.05) is 56.2 Å². The molecule has 3 aliphatic rings. The molecule has 0 bridgehead atoms. The number of benzene rings is 2. The predicted molar refractivity (Wildman–Crippen MR) is 155 cm³/mol. The molecule has 1 amide bonds. The van der Waals surface area contributed by atoms with Crippen LogP contribution in [0.1, 0.15) is 12.0 Å². The molecule has 0 radical (unpaired) electrons. The van der Waals surface area contributed by atoms with Gasteiger partial charge in [-0.3, -0.25) is 9.69 Å². The van der Waals surface area contributed by atoms with Gasteiger partial charge in [0.25, 0.3) is 5.91 Å². The molecule has 0 saturated carbocycles. The third-order valence-electron chi connectivity index (χ3n) is 7.89. The summed E-state index contributed by atoms with van der Waals surface area (Å²) in [7, 11) is 3.99. The Morgan fingerprint density at radius 1 is 1.14 bits per heavy atom. The number of anilines is 2. The van der Waals surface area contributed by atoms with Gasteiger partial charge in [0.2, 0.25) is 0 Å². The number of ether oxygens (including phenoxy) is 1.